The van der Waals surface area contributed by atoms with Gasteiger partial charge in [-0.25, -0.2) is 0 Å². The Balaban J connectivity index is 2.64. The predicted octanol–water partition coefficient (Wildman–Crippen LogP) is 1.06. The molecule has 1 rings (SSSR count). The highest BCUT2D eigenvalue weighted by Gasteiger charge is 2.13. The van der Waals surface area contributed by atoms with Crippen molar-refractivity contribution in [3.63, 3.8) is 0 Å². The zero-order chi connectivity index (χ0) is 9.14. The van der Waals surface area contributed by atoms with Gasteiger partial charge in [-0.1, -0.05) is 0 Å². The summed E-state index contributed by atoms with van der Waals surface area (Å²) in [5.74, 6) is -0.397. The monoisotopic (exact) mass is 169 g/mol. The van der Waals surface area contributed by atoms with Gasteiger partial charge in [-0.05, 0) is 18.6 Å². The molecule has 3 N–H and O–H groups in total. The number of nitrogens with two attached hydrogens (primary N) is 1. The number of furan rings is 1. The highest BCUT2D eigenvalue weighted by Crippen LogP contribution is 2.16. The molecule has 0 unspecified atom stereocenters. The molecule has 0 fully saturated rings. The van der Waals surface area contributed by atoms with Crippen LogP contribution >= 0.6 is 0 Å². The summed E-state index contributed by atoms with van der Waals surface area (Å²) in [7, 11) is 0. The molecule has 4 nitrogen and oxygen atoms in total. The van der Waals surface area contributed by atoms with Gasteiger partial charge in [0.1, 0.15) is 5.76 Å². The SMILES string of the molecule is Cc1coc([C@H](N)CC(=O)O)c1. The smallest absolute Gasteiger partial charge is 0.305 e. The molecular weight excluding hydrogens is 158 g/mol. The number of aryl methyl sites for hydroxylation is 1. The van der Waals surface area contributed by atoms with E-state index in [1.54, 1.807) is 12.3 Å². The summed E-state index contributed by atoms with van der Waals surface area (Å²) in [6.07, 6.45) is 1.45. The fraction of sp³-hybridized carbons (Fsp3) is 0.375. The molecule has 0 bridgehead atoms. The minimum atomic E-state index is -0.920. The first-order valence-electron chi connectivity index (χ1n) is 3.62. The second-order valence-corrected chi connectivity index (χ2v) is 2.73. The van der Waals surface area contributed by atoms with Gasteiger partial charge < -0.3 is 15.3 Å². The van der Waals surface area contributed by atoms with Gasteiger partial charge >= 0.3 is 5.97 Å². The third kappa shape index (κ3) is 2.10. The maximum absolute atomic E-state index is 10.3. The number of hydrogen-bond acceptors (Lipinski definition) is 3. The van der Waals surface area contributed by atoms with Gasteiger partial charge in [0, 0.05) is 0 Å². The van der Waals surface area contributed by atoms with Crippen LogP contribution in [0.5, 0.6) is 0 Å². The first kappa shape index (κ1) is 8.80. The van der Waals surface area contributed by atoms with Crippen LogP contribution in [0.25, 0.3) is 0 Å². The van der Waals surface area contributed by atoms with Gasteiger partial charge in [-0.3, -0.25) is 4.79 Å². The second-order valence-electron chi connectivity index (χ2n) is 2.73. The van der Waals surface area contributed by atoms with Gasteiger partial charge in [-0.2, -0.15) is 0 Å². The summed E-state index contributed by atoms with van der Waals surface area (Å²) >= 11 is 0. The molecule has 0 aliphatic heterocycles. The molecule has 1 aromatic heterocycles. The number of carbonyl (C=O) groups is 1. The lowest BCUT2D eigenvalue weighted by Gasteiger charge is -2.03. The molecule has 0 spiro atoms. The van der Waals surface area contributed by atoms with Crippen molar-refractivity contribution < 1.29 is 14.3 Å². The molecule has 0 aliphatic carbocycles. The van der Waals surface area contributed by atoms with Crippen LogP contribution in [0.2, 0.25) is 0 Å². The highest BCUT2D eigenvalue weighted by molar-refractivity contribution is 5.67. The predicted molar refractivity (Wildman–Crippen MR) is 42.6 cm³/mol. The Morgan fingerprint density at radius 1 is 1.83 bits per heavy atom. The molecule has 66 valence electrons. The Labute approximate surface area is 70.0 Å². The van der Waals surface area contributed by atoms with Crippen molar-refractivity contribution in [2.75, 3.05) is 0 Å². The van der Waals surface area contributed by atoms with Crippen LogP contribution in [0.15, 0.2) is 16.7 Å². The topological polar surface area (TPSA) is 76.5 Å². The summed E-state index contributed by atoms with van der Waals surface area (Å²) in [6, 6.07) is 1.20. The van der Waals surface area contributed by atoms with Gasteiger partial charge in [0.05, 0.1) is 18.7 Å². The molecule has 4 heteroatoms. The lowest BCUT2D eigenvalue weighted by Crippen LogP contribution is -2.14. The highest BCUT2D eigenvalue weighted by atomic mass is 16.4. The van der Waals surface area contributed by atoms with Crippen molar-refractivity contribution in [2.24, 2.45) is 5.73 Å². The summed E-state index contributed by atoms with van der Waals surface area (Å²) in [5, 5.41) is 8.43. The Hall–Kier alpha value is -1.29. The van der Waals surface area contributed by atoms with E-state index in [1.807, 2.05) is 6.92 Å². The lowest BCUT2D eigenvalue weighted by molar-refractivity contribution is -0.137. The van der Waals surface area contributed by atoms with Gasteiger partial charge in [0.2, 0.25) is 0 Å². The Bertz CT molecular complexity index is 280. The molecule has 0 aromatic carbocycles. The summed E-state index contributed by atoms with van der Waals surface area (Å²) in [5.41, 5.74) is 6.48. The molecule has 0 aliphatic rings. The van der Waals surface area contributed by atoms with E-state index in [2.05, 4.69) is 0 Å². The maximum atomic E-state index is 10.3. The summed E-state index contributed by atoms with van der Waals surface area (Å²) in [4.78, 5) is 10.3. The summed E-state index contributed by atoms with van der Waals surface area (Å²) < 4.78 is 5.04. The first-order valence-corrected chi connectivity index (χ1v) is 3.62. The van der Waals surface area contributed by atoms with Crippen molar-refractivity contribution >= 4 is 5.97 Å². The van der Waals surface area contributed by atoms with Crippen molar-refractivity contribution in [2.45, 2.75) is 19.4 Å². The molecular formula is C8H11NO3. The molecule has 1 atom stereocenters. The van der Waals surface area contributed by atoms with E-state index in [0.717, 1.165) is 5.56 Å². The minimum Gasteiger partial charge on any atom is -0.481 e. The zero-order valence-corrected chi connectivity index (χ0v) is 6.78. The van der Waals surface area contributed by atoms with Crippen molar-refractivity contribution in [3.8, 4) is 0 Å². The largest absolute Gasteiger partial charge is 0.481 e. The number of carboxylic acid groups (broad SMARTS) is 1. The Kier molecular flexibility index (Phi) is 2.50. The molecule has 1 aromatic rings. The Morgan fingerprint density at radius 3 is 2.92 bits per heavy atom. The second kappa shape index (κ2) is 3.40. The number of rotatable bonds is 3. The van der Waals surface area contributed by atoms with Gasteiger partial charge in [0.15, 0.2) is 0 Å². The number of carboxylic acids is 1. The molecule has 0 saturated carbocycles. The van der Waals surface area contributed by atoms with E-state index in [-0.39, 0.29) is 6.42 Å². The molecule has 0 radical (unpaired) electrons. The molecule has 1 heterocycles. The van der Waals surface area contributed by atoms with E-state index in [4.69, 9.17) is 15.3 Å². The van der Waals surface area contributed by atoms with Crippen LogP contribution in [0, 0.1) is 6.92 Å². The first-order chi connectivity index (χ1) is 5.59. The maximum Gasteiger partial charge on any atom is 0.305 e. The fourth-order valence-electron chi connectivity index (χ4n) is 0.937. The van der Waals surface area contributed by atoms with E-state index < -0.39 is 12.0 Å². The van der Waals surface area contributed by atoms with Crippen molar-refractivity contribution in [1.29, 1.82) is 0 Å². The van der Waals surface area contributed by atoms with Crippen LogP contribution < -0.4 is 5.73 Å². The average Bonchev–Trinajstić information content (AvgIpc) is 2.34. The molecule has 0 saturated heterocycles. The standard InChI is InChI=1S/C8H11NO3/c1-5-2-7(12-4-5)6(9)3-8(10)11/h2,4,6H,3,9H2,1H3,(H,10,11)/t6-/m1/s1. The van der Waals surface area contributed by atoms with Gasteiger partial charge in [-0.15, -0.1) is 0 Å². The average molecular weight is 169 g/mol. The fourth-order valence-corrected chi connectivity index (χ4v) is 0.937. The van der Waals surface area contributed by atoms with Crippen LogP contribution in [0.4, 0.5) is 0 Å². The molecule has 0 amide bonds. The van der Waals surface area contributed by atoms with Gasteiger partial charge in [0.25, 0.3) is 0 Å². The molecule has 12 heavy (non-hydrogen) atoms. The van der Waals surface area contributed by atoms with E-state index in [9.17, 15) is 4.79 Å². The Morgan fingerprint density at radius 2 is 2.50 bits per heavy atom. The third-order valence-electron chi connectivity index (χ3n) is 1.51. The van der Waals surface area contributed by atoms with E-state index in [0.29, 0.717) is 5.76 Å². The quantitative estimate of drug-likeness (QED) is 0.709. The van der Waals surface area contributed by atoms with Crippen LogP contribution in [0.3, 0.4) is 0 Å². The van der Waals surface area contributed by atoms with Crippen LogP contribution in [-0.4, -0.2) is 11.1 Å². The van der Waals surface area contributed by atoms with Crippen molar-refractivity contribution in [3.05, 3.63) is 23.7 Å². The number of aliphatic carboxylic acids is 1. The van der Waals surface area contributed by atoms with Crippen LogP contribution in [-0.2, 0) is 4.79 Å². The lowest BCUT2D eigenvalue weighted by atomic mass is 10.1. The number of hydrogen-bond donors (Lipinski definition) is 2. The normalized spacial score (nSPS) is 12.8. The van der Waals surface area contributed by atoms with E-state index in [1.165, 1.54) is 0 Å². The zero-order valence-electron chi connectivity index (χ0n) is 6.78. The third-order valence-corrected chi connectivity index (χ3v) is 1.51. The van der Waals surface area contributed by atoms with E-state index >= 15 is 0 Å². The van der Waals surface area contributed by atoms with Crippen LogP contribution in [0.1, 0.15) is 23.8 Å². The summed E-state index contributed by atoms with van der Waals surface area (Å²) in [6.45, 7) is 1.86. The van der Waals surface area contributed by atoms with Crippen molar-refractivity contribution in [1.82, 2.24) is 0 Å². The minimum absolute atomic E-state index is 0.104.